The molecule has 6 nitrogen and oxygen atoms in total. The van der Waals surface area contributed by atoms with Crippen molar-refractivity contribution in [1.82, 2.24) is 19.6 Å². The van der Waals surface area contributed by atoms with Gasteiger partial charge in [0.1, 0.15) is 5.15 Å². The number of rotatable bonds is 4. The molecule has 1 fully saturated rings. The van der Waals surface area contributed by atoms with Crippen molar-refractivity contribution < 1.29 is 9.59 Å². The molecule has 2 amide bonds. The third-order valence-electron chi connectivity index (χ3n) is 4.29. The largest absolute Gasteiger partial charge is 0.341 e. The second kappa shape index (κ2) is 8.52. The van der Waals surface area contributed by atoms with Crippen molar-refractivity contribution in [3.63, 3.8) is 0 Å². The first-order valence-corrected chi connectivity index (χ1v) is 9.12. The van der Waals surface area contributed by atoms with Gasteiger partial charge in [0, 0.05) is 51.3 Å². The Balaban J connectivity index is 2.05. The molecule has 1 aromatic rings. The number of hydrogen-bond donors (Lipinski definition) is 0. The number of aryl methyl sites for hydroxylation is 1. The zero-order valence-electron chi connectivity index (χ0n) is 15.5. The number of amides is 2. The molecule has 1 aromatic heterocycles. The molecule has 25 heavy (non-hydrogen) atoms. The third-order valence-corrected chi connectivity index (χ3v) is 4.69. The van der Waals surface area contributed by atoms with Gasteiger partial charge in [-0.25, -0.2) is 0 Å². The predicted molar refractivity (Wildman–Crippen MR) is 99.3 cm³/mol. The molecule has 0 N–H and O–H groups in total. The molecule has 0 spiro atoms. The van der Waals surface area contributed by atoms with Crippen LogP contribution in [0.25, 0.3) is 6.08 Å². The molecule has 0 saturated carbocycles. The van der Waals surface area contributed by atoms with Crippen molar-refractivity contribution in [3.05, 3.63) is 22.5 Å². The fraction of sp³-hybridized carbons (Fsp3) is 0.611. The quantitative estimate of drug-likeness (QED) is 0.769. The predicted octanol–water partition coefficient (Wildman–Crippen LogP) is 2.59. The van der Waals surface area contributed by atoms with Crippen LogP contribution in [0.3, 0.4) is 0 Å². The van der Waals surface area contributed by atoms with E-state index < -0.39 is 0 Å². The number of hydrogen-bond acceptors (Lipinski definition) is 3. The van der Waals surface area contributed by atoms with E-state index in [1.807, 2.05) is 6.92 Å². The van der Waals surface area contributed by atoms with Crippen molar-refractivity contribution in [2.75, 3.05) is 26.2 Å². The molecule has 0 aliphatic carbocycles. The van der Waals surface area contributed by atoms with Crippen LogP contribution in [0.15, 0.2) is 6.08 Å². The highest BCUT2D eigenvalue weighted by Gasteiger charge is 2.19. The van der Waals surface area contributed by atoms with E-state index >= 15 is 0 Å². The molecule has 1 saturated heterocycles. The number of aromatic nitrogens is 2. The monoisotopic (exact) mass is 366 g/mol. The molecule has 138 valence electrons. The first-order chi connectivity index (χ1) is 11.8. The van der Waals surface area contributed by atoms with Crippen LogP contribution in [0.5, 0.6) is 0 Å². The maximum absolute atomic E-state index is 12.5. The molecule has 0 bridgehead atoms. The Morgan fingerprint density at radius 2 is 1.84 bits per heavy atom. The fourth-order valence-electron chi connectivity index (χ4n) is 2.94. The van der Waals surface area contributed by atoms with E-state index in [1.165, 1.54) is 0 Å². The molecule has 0 unspecified atom stereocenters. The Morgan fingerprint density at radius 3 is 2.48 bits per heavy atom. The number of carbonyl (C=O) groups is 2. The molecule has 7 heteroatoms. The topological polar surface area (TPSA) is 58.4 Å². The maximum Gasteiger partial charge on any atom is 0.246 e. The number of nitrogens with zero attached hydrogens (tertiary/aromatic N) is 4. The van der Waals surface area contributed by atoms with Gasteiger partial charge in [-0.3, -0.25) is 14.3 Å². The Bertz CT molecular complexity index is 666. The smallest absolute Gasteiger partial charge is 0.246 e. The second-order valence-corrected chi connectivity index (χ2v) is 7.24. The summed E-state index contributed by atoms with van der Waals surface area (Å²) in [6.07, 6.45) is 4.10. The van der Waals surface area contributed by atoms with Gasteiger partial charge < -0.3 is 9.80 Å². The van der Waals surface area contributed by atoms with Crippen LogP contribution in [0, 0.1) is 12.8 Å². The molecule has 1 aliphatic rings. The van der Waals surface area contributed by atoms with Gasteiger partial charge in [0.2, 0.25) is 11.8 Å². The van der Waals surface area contributed by atoms with Gasteiger partial charge >= 0.3 is 0 Å². The molecular formula is C18H27ClN4O2. The number of halogens is 1. The summed E-state index contributed by atoms with van der Waals surface area (Å²) in [4.78, 5) is 27.5. The van der Waals surface area contributed by atoms with E-state index in [1.54, 1.807) is 33.6 Å². The third kappa shape index (κ3) is 5.08. The van der Waals surface area contributed by atoms with Crippen LogP contribution in [-0.4, -0.2) is 57.6 Å². The van der Waals surface area contributed by atoms with Gasteiger partial charge in [-0.05, 0) is 25.3 Å². The lowest BCUT2D eigenvalue weighted by Gasteiger charge is -2.20. The van der Waals surface area contributed by atoms with Crippen molar-refractivity contribution in [3.8, 4) is 0 Å². The molecule has 0 atom stereocenters. The average molecular weight is 367 g/mol. The summed E-state index contributed by atoms with van der Waals surface area (Å²) in [6.45, 7) is 10.9. The van der Waals surface area contributed by atoms with Crippen LogP contribution in [-0.2, 0) is 16.1 Å². The zero-order chi connectivity index (χ0) is 18.6. The molecule has 0 radical (unpaired) electrons. The zero-order valence-corrected chi connectivity index (χ0v) is 16.2. The Labute approximate surface area is 154 Å². The molecule has 2 rings (SSSR count). The number of carbonyl (C=O) groups excluding carboxylic acids is 2. The van der Waals surface area contributed by atoms with E-state index in [0.717, 1.165) is 24.2 Å². The van der Waals surface area contributed by atoms with Gasteiger partial charge in [0.05, 0.1) is 5.69 Å². The maximum atomic E-state index is 12.5. The van der Waals surface area contributed by atoms with Crippen LogP contribution >= 0.6 is 11.6 Å². The van der Waals surface area contributed by atoms with Crippen molar-refractivity contribution in [2.24, 2.45) is 5.92 Å². The van der Waals surface area contributed by atoms with Crippen molar-refractivity contribution in [2.45, 2.75) is 40.7 Å². The van der Waals surface area contributed by atoms with Crippen LogP contribution in [0.2, 0.25) is 5.15 Å². The van der Waals surface area contributed by atoms with Gasteiger partial charge in [-0.15, -0.1) is 0 Å². The highest BCUT2D eigenvalue weighted by molar-refractivity contribution is 6.31. The Kier molecular flexibility index (Phi) is 6.64. The first kappa shape index (κ1) is 19.5. The highest BCUT2D eigenvalue weighted by atomic mass is 35.5. The minimum Gasteiger partial charge on any atom is -0.341 e. The standard InChI is InChI=1S/C18H27ClN4O2/c1-13(2)12-23-18(19)16(14(3)20-23)6-7-17(25)22-9-5-8-21(10-11-22)15(4)24/h6-7,13H,5,8-12H2,1-4H3/b7-6+. The SMILES string of the molecule is CC(=O)N1CCCN(C(=O)/C=C/c2c(C)nn(CC(C)C)c2Cl)CC1. The lowest BCUT2D eigenvalue weighted by Crippen LogP contribution is -2.35. The lowest BCUT2D eigenvalue weighted by molar-refractivity contribution is -0.130. The molecule has 1 aliphatic heterocycles. The molecule has 0 aromatic carbocycles. The van der Waals surface area contributed by atoms with Gasteiger partial charge in [-0.2, -0.15) is 5.10 Å². The minimum atomic E-state index is -0.0579. The summed E-state index contributed by atoms with van der Waals surface area (Å²) >= 11 is 6.40. The van der Waals surface area contributed by atoms with Gasteiger partial charge in [0.15, 0.2) is 0 Å². The summed E-state index contributed by atoms with van der Waals surface area (Å²) in [5.41, 5.74) is 1.60. The van der Waals surface area contributed by atoms with Crippen LogP contribution in [0.4, 0.5) is 0 Å². The summed E-state index contributed by atoms with van der Waals surface area (Å²) in [5, 5.41) is 5.01. The first-order valence-electron chi connectivity index (χ1n) is 8.75. The molecule has 2 heterocycles. The van der Waals surface area contributed by atoms with Crippen LogP contribution < -0.4 is 0 Å². The fourth-order valence-corrected chi connectivity index (χ4v) is 3.24. The van der Waals surface area contributed by atoms with E-state index in [-0.39, 0.29) is 11.8 Å². The normalized spacial score (nSPS) is 15.9. The van der Waals surface area contributed by atoms with Crippen molar-refractivity contribution in [1.29, 1.82) is 0 Å². The molecular weight excluding hydrogens is 340 g/mol. The van der Waals surface area contributed by atoms with E-state index in [0.29, 0.717) is 37.3 Å². The second-order valence-electron chi connectivity index (χ2n) is 6.88. The Morgan fingerprint density at radius 1 is 1.20 bits per heavy atom. The summed E-state index contributed by atoms with van der Waals surface area (Å²) < 4.78 is 1.78. The van der Waals surface area contributed by atoms with E-state index in [9.17, 15) is 9.59 Å². The van der Waals surface area contributed by atoms with Gasteiger partial charge in [0.25, 0.3) is 0 Å². The van der Waals surface area contributed by atoms with Crippen LogP contribution in [0.1, 0.15) is 38.4 Å². The van der Waals surface area contributed by atoms with E-state index in [4.69, 9.17) is 11.6 Å². The van der Waals surface area contributed by atoms with Crippen molar-refractivity contribution >= 4 is 29.5 Å². The minimum absolute atomic E-state index is 0.0579. The average Bonchev–Trinajstić information content (AvgIpc) is 2.72. The lowest BCUT2D eigenvalue weighted by atomic mass is 10.2. The Hall–Kier alpha value is -1.82. The summed E-state index contributed by atoms with van der Waals surface area (Å²) in [5.74, 6) is 0.443. The van der Waals surface area contributed by atoms with Gasteiger partial charge in [-0.1, -0.05) is 25.4 Å². The van der Waals surface area contributed by atoms with E-state index in [2.05, 4.69) is 18.9 Å². The highest BCUT2D eigenvalue weighted by Crippen LogP contribution is 2.22. The summed E-state index contributed by atoms with van der Waals surface area (Å²) in [6, 6.07) is 0. The summed E-state index contributed by atoms with van der Waals surface area (Å²) in [7, 11) is 0.